The standard InChI is InChI=1S/C14H12O5/c15-12(16)11-8-4-7-10(14(11,19)13(17)18)9-5-2-1-3-6-9/h1-8,11,19H,(H,15,16)(H,17,18). The van der Waals surface area contributed by atoms with Crippen LogP contribution in [0.4, 0.5) is 0 Å². The fraction of sp³-hybridized carbons (Fsp3) is 0.143. The average molecular weight is 260 g/mol. The van der Waals surface area contributed by atoms with E-state index in [4.69, 9.17) is 5.11 Å². The van der Waals surface area contributed by atoms with E-state index >= 15 is 0 Å². The number of hydrogen-bond acceptors (Lipinski definition) is 3. The molecule has 0 fully saturated rings. The van der Waals surface area contributed by atoms with Gasteiger partial charge in [0.25, 0.3) is 0 Å². The maximum Gasteiger partial charge on any atom is 0.341 e. The van der Waals surface area contributed by atoms with Crippen LogP contribution in [0.2, 0.25) is 0 Å². The van der Waals surface area contributed by atoms with Crippen LogP contribution < -0.4 is 0 Å². The first-order chi connectivity index (χ1) is 8.98. The molecule has 1 aliphatic carbocycles. The number of carboxylic acid groups (broad SMARTS) is 2. The first-order valence-corrected chi connectivity index (χ1v) is 5.61. The minimum absolute atomic E-state index is 0.0653. The van der Waals surface area contributed by atoms with Crippen molar-refractivity contribution >= 4 is 17.5 Å². The summed E-state index contributed by atoms with van der Waals surface area (Å²) in [6.45, 7) is 0. The molecule has 2 unspecified atom stereocenters. The highest BCUT2D eigenvalue weighted by molar-refractivity contribution is 6.01. The van der Waals surface area contributed by atoms with Gasteiger partial charge >= 0.3 is 11.9 Å². The van der Waals surface area contributed by atoms with Crippen LogP contribution in [0.3, 0.4) is 0 Å². The van der Waals surface area contributed by atoms with Gasteiger partial charge in [-0.25, -0.2) is 4.79 Å². The first-order valence-electron chi connectivity index (χ1n) is 5.61. The van der Waals surface area contributed by atoms with Crippen molar-refractivity contribution in [2.75, 3.05) is 0 Å². The second-order valence-electron chi connectivity index (χ2n) is 4.22. The van der Waals surface area contributed by atoms with E-state index in [-0.39, 0.29) is 5.57 Å². The number of carbonyl (C=O) groups is 2. The Kier molecular flexibility index (Phi) is 3.23. The van der Waals surface area contributed by atoms with Crippen molar-refractivity contribution in [1.82, 2.24) is 0 Å². The third-order valence-electron chi connectivity index (χ3n) is 3.10. The second-order valence-corrected chi connectivity index (χ2v) is 4.22. The maximum atomic E-state index is 11.4. The zero-order valence-corrected chi connectivity index (χ0v) is 9.85. The van der Waals surface area contributed by atoms with Crippen LogP contribution in [0.25, 0.3) is 5.57 Å². The zero-order chi connectivity index (χ0) is 14.0. The molecule has 1 aromatic rings. The van der Waals surface area contributed by atoms with Crippen molar-refractivity contribution in [2.45, 2.75) is 5.60 Å². The molecule has 0 heterocycles. The molecule has 0 radical (unpaired) electrons. The summed E-state index contributed by atoms with van der Waals surface area (Å²) in [6, 6.07) is 8.37. The number of aliphatic carboxylic acids is 2. The predicted molar refractivity (Wildman–Crippen MR) is 67.3 cm³/mol. The van der Waals surface area contributed by atoms with Crippen LogP contribution in [-0.2, 0) is 9.59 Å². The molecule has 0 spiro atoms. The van der Waals surface area contributed by atoms with Crippen molar-refractivity contribution in [3.63, 3.8) is 0 Å². The topological polar surface area (TPSA) is 94.8 Å². The summed E-state index contributed by atoms with van der Waals surface area (Å²) in [4.78, 5) is 22.5. The highest BCUT2D eigenvalue weighted by atomic mass is 16.4. The molecule has 2 atom stereocenters. The molecule has 0 bridgehead atoms. The molecule has 0 aromatic heterocycles. The fourth-order valence-corrected chi connectivity index (χ4v) is 2.14. The van der Waals surface area contributed by atoms with Gasteiger partial charge < -0.3 is 15.3 Å². The lowest BCUT2D eigenvalue weighted by molar-refractivity contribution is -0.164. The monoisotopic (exact) mass is 260 g/mol. The smallest absolute Gasteiger partial charge is 0.341 e. The number of carboxylic acids is 2. The summed E-state index contributed by atoms with van der Waals surface area (Å²) in [5, 5.41) is 28.7. The highest BCUT2D eigenvalue weighted by Gasteiger charge is 2.51. The summed E-state index contributed by atoms with van der Waals surface area (Å²) in [6.07, 6.45) is 4.03. The lowest BCUT2D eigenvalue weighted by Crippen LogP contribution is -2.50. The molecule has 3 N–H and O–H groups in total. The van der Waals surface area contributed by atoms with Crippen LogP contribution in [0.1, 0.15) is 5.56 Å². The molecule has 1 aromatic carbocycles. The summed E-state index contributed by atoms with van der Waals surface area (Å²) in [5.41, 5.74) is -1.93. The maximum absolute atomic E-state index is 11.4. The van der Waals surface area contributed by atoms with Crippen molar-refractivity contribution in [2.24, 2.45) is 5.92 Å². The van der Waals surface area contributed by atoms with E-state index in [0.717, 1.165) is 0 Å². The Morgan fingerprint density at radius 2 is 1.74 bits per heavy atom. The normalized spacial score (nSPS) is 25.7. The molecule has 19 heavy (non-hydrogen) atoms. The Balaban J connectivity index is 2.59. The molecular formula is C14H12O5. The first kappa shape index (κ1) is 13.0. The Bertz CT molecular complexity index is 573. The molecule has 1 aliphatic rings. The van der Waals surface area contributed by atoms with Gasteiger partial charge in [-0.2, -0.15) is 0 Å². The van der Waals surface area contributed by atoms with Crippen LogP contribution in [0.15, 0.2) is 48.6 Å². The average Bonchev–Trinajstić information content (AvgIpc) is 2.39. The Morgan fingerprint density at radius 1 is 1.11 bits per heavy atom. The molecule has 5 heteroatoms. The minimum Gasteiger partial charge on any atom is -0.481 e. The van der Waals surface area contributed by atoms with Crippen LogP contribution in [0.5, 0.6) is 0 Å². The molecule has 98 valence electrons. The number of benzene rings is 1. The van der Waals surface area contributed by atoms with E-state index in [2.05, 4.69) is 0 Å². The van der Waals surface area contributed by atoms with Crippen LogP contribution in [0, 0.1) is 5.92 Å². The number of aliphatic hydroxyl groups is 1. The van der Waals surface area contributed by atoms with E-state index in [9.17, 15) is 19.8 Å². The molecule has 0 amide bonds. The summed E-state index contributed by atoms with van der Waals surface area (Å²) in [7, 11) is 0. The second kappa shape index (κ2) is 4.70. The van der Waals surface area contributed by atoms with Gasteiger partial charge in [-0.3, -0.25) is 4.79 Å². The fourth-order valence-electron chi connectivity index (χ4n) is 2.14. The van der Waals surface area contributed by atoms with Crippen molar-refractivity contribution in [3.05, 3.63) is 54.1 Å². The number of hydrogen-bond donors (Lipinski definition) is 3. The van der Waals surface area contributed by atoms with Gasteiger partial charge in [-0.1, -0.05) is 48.6 Å². The Morgan fingerprint density at radius 3 is 2.26 bits per heavy atom. The highest BCUT2D eigenvalue weighted by Crippen LogP contribution is 2.37. The lowest BCUT2D eigenvalue weighted by Gasteiger charge is -2.32. The van der Waals surface area contributed by atoms with Crippen LogP contribution >= 0.6 is 0 Å². The largest absolute Gasteiger partial charge is 0.481 e. The zero-order valence-electron chi connectivity index (χ0n) is 9.85. The van der Waals surface area contributed by atoms with Gasteiger partial charge in [0, 0.05) is 5.57 Å². The van der Waals surface area contributed by atoms with Gasteiger partial charge in [-0.15, -0.1) is 0 Å². The molecule has 2 rings (SSSR count). The minimum atomic E-state index is -2.47. The quantitative estimate of drug-likeness (QED) is 0.758. The van der Waals surface area contributed by atoms with Crippen molar-refractivity contribution < 1.29 is 24.9 Å². The third-order valence-corrected chi connectivity index (χ3v) is 3.10. The number of allylic oxidation sites excluding steroid dienone is 2. The molecular weight excluding hydrogens is 248 g/mol. The van der Waals surface area contributed by atoms with Gasteiger partial charge in [0.1, 0.15) is 5.92 Å². The van der Waals surface area contributed by atoms with Gasteiger partial charge in [0.2, 0.25) is 5.60 Å². The molecule has 0 saturated heterocycles. The van der Waals surface area contributed by atoms with Gasteiger partial charge in [-0.05, 0) is 5.56 Å². The number of rotatable bonds is 3. The third kappa shape index (κ3) is 2.04. The van der Waals surface area contributed by atoms with E-state index in [0.29, 0.717) is 5.56 Å². The summed E-state index contributed by atoms with van der Waals surface area (Å²) in [5.74, 6) is -4.49. The van der Waals surface area contributed by atoms with Gasteiger partial charge in [0.15, 0.2) is 0 Å². The SMILES string of the molecule is O=C(O)C1C=CC=C(c2ccccc2)C1(O)C(=O)O. The van der Waals surface area contributed by atoms with E-state index in [1.807, 2.05) is 0 Å². The lowest BCUT2D eigenvalue weighted by atomic mass is 9.75. The van der Waals surface area contributed by atoms with E-state index < -0.39 is 23.5 Å². The predicted octanol–water partition coefficient (Wildman–Crippen LogP) is 1.16. The van der Waals surface area contributed by atoms with Gasteiger partial charge in [0.05, 0.1) is 0 Å². The van der Waals surface area contributed by atoms with E-state index in [1.165, 1.54) is 18.2 Å². The van der Waals surface area contributed by atoms with E-state index in [1.54, 1.807) is 30.3 Å². The molecule has 5 nitrogen and oxygen atoms in total. The Hall–Kier alpha value is -2.40. The van der Waals surface area contributed by atoms with Crippen LogP contribution in [-0.4, -0.2) is 32.9 Å². The molecule has 0 aliphatic heterocycles. The Labute approximate surface area is 109 Å². The van der Waals surface area contributed by atoms with Crippen molar-refractivity contribution in [3.8, 4) is 0 Å². The van der Waals surface area contributed by atoms with Crippen molar-refractivity contribution in [1.29, 1.82) is 0 Å². The summed E-state index contributed by atoms with van der Waals surface area (Å²) < 4.78 is 0. The molecule has 0 saturated carbocycles. The summed E-state index contributed by atoms with van der Waals surface area (Å²) >= 11 is 0.